The van der Waals surface area contributed by atoms with Crippen LogP contribution in [-0.4, -0.2) is 59.2 Å². The Morgan fingerprint density at radius 3 is 2.33 bits per heavy atom. The van der Waals surface area contributed by atoms with Crippen LogP contribution in [0.3, 0.4) is 0 Å². The molecule has 0 saturated carbocycles. The van der Waals surface area contributed by atoms with Crippen LogP contribution in [-0.2, 0) is 0 Å². The zero-order valence-electron chi connectivity index (χ0n) is 11.3. The Bertz CT molecular complexity index is 392. The van der Waals surface area contributed by atoms with Gasteiger partial charge < -0.3 is 14.9 Å². The third-order valence-electron chi connectivity index (χ3n) is 2.64. The van der Waals surface area contributed by atoms with Gasteiger partial charge in [-0.25, -0.2) is 14.8 Å². The molecule has 0 aliphatic heterocycles. The molecule has 1 rings (SSSR count). The minimum absolute atomic E-state index is 0.107. The molecule has 1 atom stereocenters. The molecular formula is C12H20N4O2. The van der Waals surface area contributed by atoms with Gasteiger partial charge in [0.15, 0.2) is 0 Å². The molecule has 0 aliphatic rings. The molecule has 0 spiro atoms. The molecule has 0 amide bonds. The molecule has 0 aliphatic carbocycles. The summed E-state index contributed by atoms with van der Waals surface area (Å²) < 4.78 is 0. The van der Waals surface area contributed by atoms with Gasteiger partial charge in [0.25, 0.3) is 0 Å². The van der Waals surface area contributed by atoms with Gasteiger partial charge in [0.05, 0.1) is 5.56 Å². The van der Waals surface area contributed by atoms with Gasteiger partial charge in [0.2, 0.25) is 5.95 Å². The molecule has 1 N–H and O–H groups in total. The van der Waals surface area contributed by atoms with Crippen molar-refractivity contribution in [3.63, 3.8) is 0 Å². The smallest absolute Gasteiger partial charge is 0.338 e. The Labute approximate surface area is 107 Å². The molecule has 1 aromatic heterocycles. The second-order valence-electron chi connectivity index (χ2n) is 4.47. The number of carboxylic acid groups (broad SMARTS) is 1. The average Bonchev–Trinajstić information content (AvgIpc) is 2.29. The summed E-state index contributed by atoms with van der Waals surface area (Å²) in [5.41, 5.74) is 0.107. The standard InChI is InChI=1S/C12H20N4O2/c1-5-16(9(2)8-15(3)4)12-13-6-10(7-14-12)11(17)18/h6-7,9H,5,8H2,1-4H3,(H,17,18). The van der Waals surface area contributed by atoms with Crippen molar-refractivity contribution in [1.82, 2.24) is 14.9 Å². The number of anilines is 1. The zero-order chi connectivity index (χ0) is 13.7. The maximum Gasteiger partial charge on any atom is 0.338 e. The number of nitrogens with zero attached hydrogens (tertiary/aromatic N) is 4. The fourth-order valence-corrected chi connectivity index (χ4v) is 1.86. The molecule has 18 heavy (non-hydrogen) atoms. The van der Waals surface area contributed by atoms with Crippen LogP contribution in [0.25, 0.3) is 0 Å². The number of hydrogen-bond donors (Lipinski definition) is 1. The van der Waals surface area contributed by atoms with Gasteiger partial charge in [-0.2, -0.15) is 0 Å². The van der Waals surface area contributed by atoms with Gasteiger partial charge in [0, 0.05) is 31.5 Å². The largest absolute Gasteiger partial charge is 0.478 e. The Morgan fingerprint density at radius 2 is 1.94 bits per heavy atom. The van der Waals surface area contributed by atoms with Gasteiger partial charge >= 0.3 is 5.97 Å². The van der Waals surface area contributed by atoms with E-state index in [1.54, 1.807) is 0 Å². The van der Waals surface area contributed by atoms with Crippen LogP contribution in [0.15, 0.2) is 12.4 Å². The molecule has 0 radical (unpaired) electrons. The molecular weight excluding hydrogens is 232 g/mol. The summed E-state index contributed by atoms with van der Waals surface area (Å²) in [6, 6.07) is 0.265. The first-order chi connectivity index (χ1) is 8.45. The molecule has 0 fully saturated rings. The van der Waals surface area contributed by atoms with Crippen molar-refractivity contribution < 1.29 is 9.90 Å². The van der Waals surface area contributed by atoms with Crippen LogP contribution in [0.2, 0.25) is 0 Å². The fourth-order valence-electron chi connectivity index (χ4n) is 1.86. The lowest BCUT2D eigenvalue weighted by atomic mass is 10.2. The summed E-state index contributed by atoms with van der Waals surface area (Å²) in [4.78, 5) is 23.1. The minimum Gasteiger partial charge on any atom is -0.478 e. The van der Waals surface area contributed by atoms with E-state index >= 15 is 0 Å². The minimum atomic E-state index is -1.01. The van der Waals surface area contributed by atoms with E-state index in [2.05, 4.69) is 21.8 Å². The molecule has 6 nitrogen and oxygen atoms in total. The van der Waals surface area contributed by atoms with Crippen molar-refractivity contribution in [2.24, 2.45) is 0 Å². The lowest BCUT2D eigenvalue weighted by Gasteiger charge is -2.29. The normalized spacial score (nSPS) is 12.5. The van der Waals surface area contributed by atoms with E-state index in [0.717, 1.165) is 13.1 Å². The van der Waals surface area contributed by atoms with E-state index in [1.165, 1.54) is 12.4 Å². The van der Waals surface area contributed by atoms with Crippen LogP contribution in [0.5, 0.6) is 0 Å². The Hall–Kier alpha value is -1.69. The van der Waals surface area contributed by atoms with Crippen LogP contribution in [0, 0.1) is 0 Å². The Morgan fingerprint density at radius 1 is 1.39 bits per heavy atom. The monoisotopic (exact) mass is 252 g/mol. The molecule has 0 bridgehead atoms. The second-order valence-corrected chi connectivity index (χ2v) is 4.47. The van der Waals surface area contributed by atoms with Crippen molar-refractivity contribution in [3.8, 4) is 0 Å². The van der Waals surface area contributed by atoms with E-state index < -0.39 is 5.97 Å². The number of aromatic carboxylic acids is 1. The van der Waals surface area contributed by atoms with Crippen molar-refractivity contribution in [2.45, 2.75) is 19.9 Å². The molecule has 0 aromatic carbocycles. The van der Waals surface area contributed by atoms with Crippen LogP contribution >= 0.6 is 0 Å². The number of carboxylic acids is 1. The molecule has 1 unspecified atom stereocenters. The van der Waals surface area contributed by atoms with Crippen molar-refractivity contribution >= 4 is 11.9 Å². The van der Waals surface area contributed by atoms with E-state index in [4.69, 9.17) is 5.11 Å². The highest BCUT2D eigenvalue weighted by atomic mass is 16.4. The zero-order valence-corrected chi connectivity index (χ0v) is 11.3. The summed E-state index contributed by atoms with van der Waals surface area (Å²) in [5, 5.41) is 8.80. The van der Waals surface area contributed by atoms with Gasteiger partial charge in [-0.1, -0.05) is 0 Å². The quantitative estimate of drug-likeness (QED) is 0.813. The molecule has 0 saturated heterocycles. The topological polar surface area (TPSA) is 69.6 Å². The highest BCUT2D eigenvalue weighted by Gasteiger charge is 2.16. The second kappa shape index (κ2) is 6.30. The van der Waals surface area contributed by atoms with Gasteiger partial charge in [0.1, 0.15) is 0 Å². The third-order valence-corrected chi connectivity index (χ3v) is 2.64. The van der Waals surface area contributed by atoms with Gasteiger partial charge in [-0.15, -0.1) is 0 Å². The van der Waals surface area contributed by atoms with Crippen LogP contribution < -0.4 is 4.90 Å². The first-order valence-corrected chi connectivity index (χ1v) is 5.92. The maximum atomic E-state index is 10.7. The number of hydrogen-bond acceptors (Lipinski definition) is 5. The lowest BCUT2D eigenvalue weighted by Crippen LogP contribution is -2.41. The summed E-state index contributed by atoms with van der Waals surface area (Å²) in [7, 11) is 4.03. The van der Waals surface area contributed by atoms with Crippen molar-refractivity contribution in [3.05, 3.63) is 18.0 Å². The van der Waals surface area contributed by atoms with Crippen LogP contribution in [0.1, 0.15) is 24.2 Å². The average molecular weight is 252 g/mol. The molecule has 100 valence electrons. The molecule has 1 heterocycles. The summed E-state index contributed by atoms with van der Waals surface area (Å²) >= 11 is 0. The van der Waals surface area contributed by atoms with Gasteiger partial charge in [-0.05, 0) is 27.9 Å². The number of rotatable bonds is 6. The third kappa shape index (κ3) is 3.66. The Kier molecular flexibility index (Phi) is 5.03. The van der Waals surface area contributed by atoms with Crippen molar-refractivity contribution in [2.75, 3.05) is 32.1 Å². The maximum absolute atomic E-state index is 10.7. The summed E-state index contributed by atoms with van der Waals surface area (Å²) in [6.07, 6.45) is 2.69. The first-order valence-electron chi connectivity index (χ1n) is 5.92. The summed E-state index contributed by atoms with van der Waals surface area (Å²) in [6.45, 7) is 5.79. The SMILES string of the molecule is CCN(c1ncc(C(=O)O)cn1)C(C)CN(C)C. The van der Waals surface area contributed by atoms with Crippen molar-refractivity contribution in [1.29, 1.82) is 0 Å². The first kappa shape index (κ1) is 14.4. The predicted molar refractivity (Wildman–Crippen MR) is 70.0 cm³/mol. The van der Waals surface area contributed by atoms with Crippen LogP contribution in [0.4, 0.5) is 5.95 Å². The van der Waals surface area contributed by atoms with Gasteiger partial charge in [-0.3, -0.25) is 0 Å². The summed E-state index contributed by atoms with van der Waals surface area (Å²) in [5.74, 6) is -0.442. The number of carbonyl (C=O) groups is 1. The molecule has 1 aromatic rings. The fraction of sp³-hybridized carbons (Fsp3) is 0.583. The number of aromatic nitrogens is 2. The predicted octanol–water partition coefficient (Wildman–Crippen LogP) is 0.951. The lowest BCUT2D eigenvalue weighted by molar-refractivity contribution is 0.0696. The Balaban J connectivity index is 2.85. The molecule has 6 heteroatoms. The van der Waals surface area contributed by atoms with E-state index in [-0.39, 0.29) is 11.6 Å². The highest BCUT2D eigenvalue weighted by Crippen LogP contribution is 2.11. The number of likely N-dealkylation sites (N-methyl/N-ethyl adjacent to an activating group) is 2. The van der Waals surface area contributed by atoms with E-state index in [9.17, 15) is 4.79 Å². The highest BCUT2D eigenvalue weighted by molar-refractivity contribution is 5.86. The van der Waals surface area contributed by atoms with E-state index in [0.29, 0.717) is 5.95 Å². The van der Waals surface area contributed by atoms with E-state index in [1.807, 2.05) is 25.9 Å².